The third kappa shape index (κ3) is 4.09. The molecule has 0 radical (unpaired) electrons. The van der Waals surface area contributed by atoms with Crippen molar-refractivity contribution >= 4 is 16.0 Å². The van der Waals surface area contributed by atoms with Gasteiger partial charge in [0.1, 0.15) is 6.61 Å². The quantitative estimate of drug-likeness (QED) is 0.805. The van der Waals surface area contributed by atoms with Gasteiger partial charge in [-0.25, -0.2) is 22.3 Å². The van der Waals surface area contributed by atoms with Crippen molar-refractivity contribution in [1.82, 2.24) is 4.72 Å². The minimum Gasteiger partial charge on any atom is -0.494 e. The lowest BCUT2D eigenvalue weighted by Gasteiger charge is -2.08. The number of hydrogen-bond donors (Lipinski definition) is 1. The van der Waals surface area contributed by atoms with Gasteiger partial charge in [0.15, 0.2) is 11.6 Å². The summed E-state index contributed by atoms with van der Waals surface area (Å²) in [5, 5.41) is 0. The monoisotopic (exact) mass is 353 g/mol. The van der Waals surface area contributed by atoms with Crippen LogP contribution in [0, 0.1) is 5.82 Å². The second-order valence-corrected chi connectivity index (χ2v) is 6.67. The highest BCUT2D eigenvalue weighted by Crippen LogP contribution is 2.19. The number of ether oxygens (including phenoxy) is 2. The molecule has 2 rings (SSSR count). The average molecular weight is 353 g/mol. The third-order valence-corrected chi connectivity index (χ3v) is 4.65. The number of hydrogen-bond acceptors (Lipinski definition) is 5. The van der Waals surface area contributed by atoms with Crippen LogP contribution in [0.5, 0.6) is 5.75 Å². The van der Waals surface area contributed by atoms with Crippen LogP contribution < -0.4 is 9.46 Å². The van der Waals surface area contributed by atoms with Crippen LogP contribution in [0.2, 0.25) is 0 Å². The van der Waals surface area contributed by atoms with E-state index in [4.69, 9.17) is 9.47 Å². The average Bonchev–Trinajstić information content (AvgIpc) is 2.60. The molecule has 0 atom stereocenters. The van der Waals surface area contributed by atoms with Crippen molar-refractivity contribution in [2.45, 2.75) is 11.5 Å². The van der Waals surface area contributed by atoms with E-state index in [0.717, 1.165) is 0 Å². The zero-order valence-corrected chi connectivity index (χ0v) is 13.9. The first-order chi connectivity index (χ1) is 11.4. The van der Waals surface area contributed by atoms with Gasteiger partial charge in [-0.1, -0.05) is 12.1 Å². The van der Waals surface area contributed by atoms with Gasteiger partial charge in [0.25, 0.3) is 0 Å². The van der Waals surface area contributed by atoms with Gasteiger partial charge < -0.3 is 9.47 Å². The fraction of sp³-hybridized carbons (Fsp3) is 0.188. The fourth-order valence-electron chi connectivity index (χ4n) is 1.94. The van der Waals surface area contributed by atoms with Gasteiger partial charge in [-0.3, -0.25) is 0 Å². The van der Waals surface area contributed by atoms with E-state index in [-0.39, 0.29) is 22.8 Å². The number of rotatable bonds is 6. The molecule has 0 amide bonds. The normalized spacial score (nSPS) is 11.1. The molecule has 24 heavy (non-hydrogen) atoms. The Morgan fingerprint density at radius 3 is 2.58 bits per heavy atom. The van der Waals surface area contributed by atoms with Gasteiger partial charge >= 0.3 is 5.97 Å². The Labute approximate surface area is 139 Å². The number of carbonyl (C=O) groups excluding carboxylic acids is 1. The van der Waals surface area contributed by atoms with Gasteiger partial charge in [0.05, 0.1) is 17.6 Å². The summed E-state index contributed by atoms with van der Waals surface area (Å²) in [6.45, 7) is -0.150. The smallest absolute Gasteiger partial charge is 0.338 e. The van der Waals surface area contributed by atoms with E-state index < -0.39 is 21.8 Å². The standard InChI is InChI=1S/C16H16FNO5S/c1-18-24(20,21)13-5-3-4-12(9-13)16(19)23-10-11-6-7-15(22-2)14(17)8-11/h3-9,18H,10H2,1-2H3. The SMILES string of the molecule is CNS(=O)(=O)c1cccc(C(=O)OCc2ccc(OC)c(F)c2)c1. The Hall–Kier alpha value is -2.45. The number of esters is 1. The molecule has 2 aromatic rings. The number of halogens is 1. The molecule has 0 aromatic heterocycles. The van der Waals surface area contributed by atoms with Gasteiger partial charge in [-0.05, 0) is 42.9 Å². The van der Waals surface area contributed by atoms with Crippen molar-refractivity contribution in [3.63, 3.8) is 0 Å². The minimum absolute atomic E-state index is 0.0464. The lowest BCUT2D eigenvalue weighted by atomic mass is 10.2. The Bertz CT molecular complexity index is 851. The maximum absolute atomic E-state index is 13.6. The van der Waals surface area contributed by atoms with E-state index in [1.165, 1.54) is 50.6 Å². The van der Waals surface area contributed by atoms with Crippen LogP contribution in [0.3, 0.4) is 0 Å². The molecule has 128 valence electrons. The summed E-state index contributed by atoms with van der Waals surface area (Å²) in [5.74, 6) is -1.18. The van der Waals surface area contributed by atoms with Crippen LogP contribution in [-0.4, -0.2) is 28.5 Å². The van der Waals surface area contributed by atoms with E-state index in [2.05, 4.69) is 4.72 Å². The van der Waals surface area contributed by atoms with E-state index >= 15 is 0 Å². The summed E-state index contributed by atoms with van der Waals surface area (Å²) >= 11 is 0. The second kappa shape index (κ2) is 7.41. The lowest BCUT2D eigenvalue weighted by Crippen LogP contribution is -2.19. The number of sulfonamides is 1. The zero-order chi connectivity index (χ0) is 17.7. The van der Waals surface area contributed by atoms with Crippen molar-refractivity contribution in [3.8, 4) is 5.75 Å². The summed E-state index contributed by atoms with van der Waals surface area (Å²) in [6, 6.07) is 9.65. The molecule has 0 aliphatic rings. The van der Waals surface area contributed by atoms with Crippen LogP contribution in [0.15, 0.2) is 47.4 Å². The highest BCUT2D eigenvalue weighted by Gasteiger charge is 2.15. The van der Waals surface area contributed by atoms with Crippen LogP contribution in [0.4, 0.5) is 4.39 Å². The Morgan fingerprint density at radius 2 is 1.96 bits per heavy atom. The topological polar surface area (TPSA) is 81.7 Å². The molecule has 0 saturated heterocycles. The fourth-order valence-corrected chi connectivity index (χ4v) is 2.72. The minimum atomic E-state index is -3.66. The summed E-state index contributed by atoms with van der Waals surface area (Å²) in [4.78, 5) is 12.0. The predicted molar refractivity (Wildman–Crippen MR) is 84.8 cm³/mol. The van der Waals surface area contributed by atoms with E-state index in [9.17, 15) is 17.6 Å². The zero-order valence-electron chi connectivity index (χ0n) is 13.1. The first-order valence-corrected chi connectivity index (χ1v) is 8.39. The van der Waals surface area contributed by atoms with E-state index in [1.807, 2.05) is 0 Å². The van der Waals surface area contributed by atoms with Crippen molar-refractivity contribution in [3.05, 3.63) is 59.4 Å². The van der Waals surface area contributed by atoms with Crippen molar-refractivity contribution in [1.29, 1.82) is 0 Å². The second-order valence-electron chi connectivity index (χ2n) is 4.78. The molecular formula is C16H16FNO5S. The predicted octanol–water partition coefficient (Wildman–Crippen LogP) is 2.10. The molecule has 0 heterocycles. The van der Waals surface area contributed by atoms with Crippen molar-refractivity contribution < 1.29 is 27.1 Å². The number of benzene rings is 2. The molecule has 0 spiro atoms. The summed E-state index contributed by atoms with van der Waals surface area (Å²) < 4.78 is 49.1. The van der Waals surface area contributed by atoms with Crippen LogP contribution in [-0.2, 0) is 21.4 Å². The summed E-state index contributed by atoms with van der Waals surface area (Å²) in [5.41, 5.74) is 0.529. The Kier molecular flexibility index (Phi) is 5.53. The molecule has 0 aliphatic carbocycles. The first-order valence-electron chi connectivity index (χ1n) is 6.90. The number of carbonyl (C=O) groups is 1. The van der Waals surface area contributed by atoms with Gasteiger partial charge in [0, 0.05) is 0 Å². The van der Waals surface area contributed by atoms with Crippen molar-refractivity contribution in [2.24, 2.45) is 0 Å². The van der Waals surface area contributed by atoms with Gasteiger partial charge in [-0.15, -0.1) is 0 Å². The lowest BCUT2D eigenvalue weighted by molar-refractivity contribution is 0.0472. The molecule has 6 nitrogen and oxygen atoms in total. The van der Waals surface area contributed by atoms with Crippen molar-refractivity contribution in [2.75, 3.05) is 14.2 Å². The molecule has 0 unspecified atom stereocenters. The molecular weight excluding hydrogens is 337 g/mol. The summed E-state index contributed by atoms with van der Waals surface area (Å²) in [7, 11) is -1.03. The largest absolute Gasteiger partial charge is 0.494 e. The first kappa shape index (κ1) is 17.9. The Balaban J connectivity index is 2.10. The van der Waals surface area contributed by atoms with Crippen LogP contribution >= 0.6 is 0 Å². The number of methoxy groups -OCH3 is 1. The van der Waals surface area contributed by atoms with E-state index in [1.54, 1.807) is 6.07 Å². The molecule has 0 aliphatic heterocycles. The highest BCUT2D eigenvalue weighted by molar-refractivity contribution is 7.89. The molecule has 0 fully saturated rings. The van der Waals surface area contributed by atoms with Gasteiger partial charge in [-0.2, -0.15) is 0 Å². The molecule has 0 saturated carbocycles. The summed E-state index contributed by atoms with van der Waals surface area (Å²) in [6.07, 6.45) is 0. The molecule has 8 heteroatoms. The van der Waals surface area contributed by atoms with Gasteiger partial charge in [0.2, 0.25) is 10.0 Å². The number of nitrogens with one attached hydrogen (secondary N) is 1. The maximum Gasteiger partial charge on any atom is 0.338 e. The molecule has 1 N–H and O–H groups in total. The Morgan fingerprint density at radius 1 is 1.21 bits per heavy atom. The highest BCUT2D eigenvalue weighted by atomic mass is 32.2. The molecule has 2 aromatic carbocycles. The molecule has 0 bridgehead atoms. The van der Waals surface area contributed by atoms with Crippen LogP contribution in [0.25, 0.3) is 0 Å². The third-order valence-electron chi connectivity index (χ3n) is 3.23. The van der Waals surface area contributed by atoms with Crippen LogP contribution in [0.1, 0.15) is 15.9 Å². The maximum atomic E-state index is 13.6. The van der Waals surface area contributed by atoms with E-state index in [0.29, 0.717) is 5.56 Å².